The molecule has 0 amide bonds. The zero-order chi connectivity index (χ0) is 62.2. The topological polar surface area (TPSA) is 22.9 Å². The Morgan fingerprint density at radius 2 is 0.966 bits per heavy atom. The predicted octanol–water partition coefficient (Wildman–Crippen LogP) is 20.9. The van der Waals surface area contributed by atoms with Gasteiger partial charge in [0.2, 0.25) is 0 Å². The van der Waals surface area contributed by atoms with Gasteiger partial charge in [-0.25, -0.2) is 0 Å². The Hall–Kier alpha value is -7.76. The molecule has 0 radical (unpaired) electrons. The van der Waals surface area contributed by atoms with Gasteiger partial charge in [0.1, 0.15) is 11.2 Å². The molecule has 3 aliphatic carbocycles. The summed E-state index contributed by atoms with van der Waals surface area (Å²) in [5.74, 6) is 0. The lowest BCUT2D eigenvalue weighted by molar-refractivity contribution is 0.195. The molecule has 4 nitrogen and oxygen atoms in total. The normalized spacial score (nSPS) is 21.2. The van der Waals surface area contributed by atoms with Crippen molar-refractivity contribution in [3.05, 3.63) is 219 Å². The fourth-order valence-corrected chi connectivity index (χ4v) is 18.8. The summed E-state index contributed by atoms with van der Waals surface area (Å²) in [6.07, 6.45) is 5.70. The summed E-state index contributed by atoms with van der Waals surface area (Å²) < 4.78 is 6.90. The summed E-state index contributed by atoms with van der Waals surface area (Å²) in [4.78, 5) is 8.28. The van der Waals surface area contributed by atoms with E-state index < -0.39 is 0 Å². The Morgan fingerprint density at radius 1 is 0.416 bits per heavy atom. The van der Waals surface area contributed by atoms with Crippen molar-refractivity contribution in [2.24, 2.45) is 0 Å². The third-order valence-corrected chi connectivity index (χ3v) is 23.7. The molecule has 0 N–H and O–H groups in total. The molecule has 9 aromatic carbocycles. The molecule has 0 spiro atoms. The quantitative estimate of drug-likeness (QED) is 0.164. The molecule has 0 bridgehead atoms. The van der Waals surface area contributed by atoms with Gasteiger partial charge in [-0.3, -0.25) is 0 Å². The van der Waals surface area contributed by atoms with Gasteiger partial charge in [-0.1, -0.05) is 214 Å². The smallest absolute Gasteiger partial charge is 0.252 e. The van der Waals surface area contributed by atoms with Crippen molar-refractivity contribution in [1.29, 1.82) is 0 Å². The van der Waals surface area contributed by atoms with Gasteiger partial charge in [-0.2, -0.15) is 0 Å². The zero-order valence-electron chi connectivity index (χ0n) is 56.0. The Bertz CT molecular complexity index is 4690. The third kappa shape index (κ3) is 7.78. The van der Waals surface area contributed by atoms with Crippen molar-refractivity contribution < 1.29 is 4.42 Å². The first kappa shape index (κ1) is 56.5. The summed E-state index contributed by atoms with van der Waals surface area (Å²) in [7, 11) is 0. The molecule has 5 heteroatoms. The van der Waals surface area contributed by atoms with E-state index in [2.05, 4.69) is 296 Å². The van der Waals surface area contributed by atoms with Crippen LogP contribution in [0.15, 0.2) is 168 Å². The Morgan fingerprint density at radius 3 is 1.64 bits per heavy atom. The second-order valence-corrected chi connectivity index (χ2v) is 32.9. The van der Waals surface area contributed by atoms with Gasteiger partial charge in [-0.05, 0) is 199 Å². The number of rotatable bonds is 4. The van der Waals surface area contributed by atoms with Gasteiger partial charge < -0.3 is 19.1 Å². The highest BCUT2D eigenvalue weighted by Crippen LogP contribution is 2.63. The van der Waals surface area contributed by atoms with Crippen LogP contribution in [0.3, 0.4) is 0 Å². The first-order valence-electron chi connectivity index (χ1n) is 33.4. The Labute approximate surface area is 530 Å². The van der Waals surface area contributed by atoms with Gasteiger partial charge in [0.05, 0.1) is 5.54 Å². The number of hydrogen-bond acceptors (Lipinski definition) is 4. The average molecular weight is 1170 g/mol. The minimum absolute atomic E-state index is 0.0237. The van der Waals surface area contributed by atoms with E-state index in [-0.39, 0.29) is 50.2 Å². The second kappa shape index (κ2) is 18.2. The minimum Gasteiger partial charge on any atom is -0.456 e. The molecule has 2 unspecified atom stereocenters. The van der Waals surface area contributed by atoms with E-state index in [0.29, 0.717) is 0 Å². The lowest BCUT2D eigenvalue weighted by Crippen LogP contribution is -2.62. The van der Waals surface area contributed by atoms with E-state index in [0.717, 1.165) is 46.9 Å². The highest BCUT2D eigenvalue weighted by Gasteiger charge is 2.59. The molecule has 89 heavy (non-hydrogen) atoms. The molecule has 3 aliphatic heterocycles. The van der Waals surface area contributed by atoms with Gasteiger partial charge in [0, 0.05) is 78.6 Å². The fraction of sp³-hybridized carbons (Fsp3) is 0.357. The Kier molecular flexibility index (Phi) is 11.6. The zero-order valence-corrected chi connectivity index (χ0v) is 56.0. The Balaban J connectivity index is 1.04. The maximum absolute atomic E-state index is 6.90. The standard InChI is InChI=1S/C84H88BN3O/c1-50-40-54(78(5,6)7)33-37-68(50)87-71-48-64-63(81(12,13)59-25-19-20-26-60(59)82(64,14)15)46-67(71)85-66-45-61-62(80(10,11)49-79(61,8)9)47-70(66)86(55-34-35-58-57-24-18-21-27-74(57)89-75(58)44-55)72-42-56(43-73(87)76(72)85)88-69-36-30-52(51-28-31-53(32-29-51)77(2,3)4)41-65(69)83(16)38-22-23-39-84(83,88)17/h18-21,24-37,40-48H,22-23,38-39,49H2,1-17H3. The second-order valence-electron chi connectivity index (χ2n) is 32.9. The monoisotopic (exact) mass is 1170 g/mol. The van der Waals surface area contributed by atoms with Crippen molar-refractivity contribution in [3.8, 4) is 11.1 Å². The van der Waals surface area contributed by atoms with E-state index in [1.807, 2.05) is 0 Å². The number of hydrogen-bond donors (Lipinski definition) is 0. The van der Waals surface area contributed by atoms with Crippen LogP contribution in [-0.4, -0.2) is 12.3 Å². The van der Waals surface area contributed by atoms with Crippen LogP contribution in [-0.2, 0) is 37.9 Å². The summed E-state index contributed by atoms with van der Waals surface area (Å²) in [6.45, 7) is 41.4. The maximum atomic E-state index is 6.90. The highest BCUT2D eigenvalue weighted by molar-refractivity contribution is 7.00. The SMILES string of the molecule is Cc1cc(C(C)(C)C)ccc1N1c2cc3c(cc2B2c4cc5c(cc4N(c4ccc6c(c4)oc4ccccc46)c4cc(N6c7ccc(-c8ccc(C(C)(C)C)cc8)cc7C7(C)CCCCC67C)cc1c42)C(C)(C)CC5(C)C)C(C)(C)c1ccccc1C3(C)C. The van der Waals surface area contributed by atoms with Gasteiger partial charge in [-0.15, -0.1) is 0 Å². The van der Waals surface area contributed by atoms with E-state index in [9.17, 15) is 0 Å². The number of nitrogens with zero attached hydrogens (tertiary/aromatic N) is 3. The number of furan rings is 1. The average Bonchev–Trinajstić information content (AvgIpc) is 1.68. The lowest BCUT2D eigenvalue weighted by atomic mass is 9.32. The summed E-state index contributed by atoms with van der Waals surface area (Å²) >= 11 is 0. The highest BCUT2D eigenvalue weighted by atomic mass is 16.3. The van der Waals surface area contributed by atoms with Crippen LogP contribution in [0, 0.1) is 6.92 Å². The molecule has 4 heterocycles. The van der Waals surface area contributed by atoms with E-state index >= 15 is 0 Å². The predicted molar refractivity (Wildman–Crippen MR) is 379 cm³/mol. The molecule has 1 saturated carbocycles. The van der Waals surface area contributed by atoms with Gasteiger partial charge in [0.25, 0.3) is 6.71 Å². The van der Waals surface area contributed by atoms with Crippen molar-refractivity contribution >= 4 is 90.5 Å². The van der Waals surface area contributed by atoms with Crippen LogP contribution in [0.2, 0.25) is 0 Å². The molecule has 6 aliphatic rings. The molecule has 448 valence electrons. The van der Waals surface area contributed by atoms with Crippen LogP contribution in [0.25, 0.3) is 33.1 Å². The van der Waals surface area contributed by atoms with Crippen LogP contribution in [0.4, 0.5) is 45.5 Å². The fourth-order valence-electron chi connectivity index (χ4n) is 18.8. The molecule has 0 saturated heterocycles. The molecular weight excluding hydrogens is 1080 g/mol. The van der Waals surface area contributed by atoms with Crippen LogP contribution >= 0.6 is 0 Å². The van der Waals surface area contributed by atoms with Crippen LogP contribution in [0.1, 0.15) is 199 Å². The molecule has 16 rings (SSSR count). The minimum atomic E-state index is -0.264. The lowest BCUT2D eigenvalue weighted by Gasteiger charge is -2.51. The molecular formula is C84H88BN3O. The summed E-state index contributed by atoms with van der Waals surface area (Å²) in [5.41, 5.74) is 31.6. The van der Waals surface area contributed by atoms with Crippen LogP contribution in [0.5, 0.6) is 0 Å². The third-order valence-electron chi connectivity index (χ3n) is 23.7. The molecule has 2 atom stereocenters. The summed E-state index contributed by atoms with van der Waals surface area (Å²) in [5, 5.41) is 2.29. The van der Waals surface area contributed by atoms with Crippen molar-refractivity contribution in [1.82, 2.24) is 0 Å². The number of fused-ring (bicyclic) bond motifs is 13. The molecule has 1 aromatic heterocycles. The van der Waals surface area contributed by atoms with Crippen molar-refractivity contribution in [2.75, 3.05) is 14.7 Å². The molecule has 1 fully saturated rings. The van der Waals surface area contributed by atoms with Crippen LogP contribution < -0.4 is 31.1 Å². The number of para-hydroxylation sites is 1. The van der Waals surface area contributed by atoms with Crippen molar-refractivity contribution in [2.45, 2.75) is 193 Å². The van der Waals surface area contributed by atoms with Gasteiger partial charge in [0.15, 0.2) is 0 Å². The first-order valence-corrected chi connectivity index (χ1v) is 33.4. The number of benzene rings is 9. The molecule has 10 aromatic rings. The van der Waals surface area contributed by atoms with Gasteiger partial charge >= 0.3 is 0 Å². The number of aryl methyl sites for hydroxylation is 1. The first-order chi connectivity index (χ1) is 42.0. The number of anilines is 8. The van der Waals surface area contributed by atoms with E-state index in [1.165, 1.54) is 136 Å². The van der Waals surface area contributed by atoms with E-state index in [4.69, 9.17) is 4.42 Å². The van der Waals surface area contributed by atoms with Crippen molar-refractivity contribution in [3.63, 3.8) is 0 Å². The largest absolute Gasteiger partial charge is 0.456 e. The van der Waals surface area contributed by atoms with E-state index in [1.54, 1.807) is 0 Å². The maximum Gasteiger partial charge on any atom is 0.252 e. The summed E-state index contributed by atoms with van der Waals surface area (Å²) in [6, 6.07) is 65.2.